The van der Waals surface area contributed by atoms with Crippen LogP contribution in [0.4, 0.5) is 4.39 Å². The standard InChI is InChI=1S/C12H7FN2O2/c13-10-7-17-11-3-2-8(6-9(11)12(10)16)15-5-1-4-14-15/h1-7H. The minimum Gasteiger partial charge on any atom is -0.461 e. The first-order valence-electron chi connectivity index (χ1n) is 4.97. The summed E-state index contributed by atoms with van der Waals surface area (Å²) in [6.07, 6.45) is 4.18. The Bertz CT molecular complexity index is 732. The predicted molar refractivity (Wildman–Crippen MR) is 59.6 cm³/mol. The fraction of sp³-hybridized carbons (Fsp3) is 0. The molecule has 5 heteroatoms. The van der Waals surface area contributed by atoms with E-state index in [1.165, 1.54) is 0 Å². The smallest absolute Gasteiger partial charge is 0.228 e. The number of hydrogen-bond donors (Lipinski definition) is 0. The van der Waals surface area contributed by atoms with Gasteiger partial charge in [-0.2, -0.15) is 9.49 Å². The van der Waals surface area contributed by atoms with Crippen molar-refractivity contribution in [3.05, 3.63) is 59.0 Å². The largest absolute Gasteiger partial charge is 0.461 e. The minimum atomic E-state index is -0.893. The van der Waals surface area contributed by atoms with E-state index in [1.807, 2.05) is 0 Å². The van der Waals surface area contributed by atoms with E-state index in [1.54, 1.807) is 41.3 Å². The molecule has 2 heterocycles. The Morgan fingerprint density at radius 1 is 1.35 bits per heavy atom. The second kappa shape index (κ2) is 3.55. The Balaban J connectivity index is 2.32. The number of halogens is 1. The van der Waals surface area contributed by atoms with Crippen molar-refractivity contribution in [2.45, 2.75) is 0 Å². The molecule has 0 unspecified atom stereocenters. The van der Waals surface area contributed by atoms with Crippen LogP contribution >= 0.6 is 0 Å². The molecular formula is C12H7FN2O2. The number of nitrogens with zero attached hydrogens (tertiary/aromatic N) is 2. The van der Waals surface area contributed by atoms with Crippen molar-refractivity contribution in [2.24, 2.45) is 0 Å². The summed E-state index contributed by atoms with van der Waals surface area (Å²) in [4.78, 5) is 11.6. The van der Waals surface area contributed by atoms with Crippen LogP contribution in [0.15, 0.2) is 52.1 Å². The van der Waals surface area contributed by atoms with Gasteiger partial charge in [0, 0.05) is 12.4 Å². The van der Waals surface area contributed by atoms with Crippen LogP contribution < -0.4 is 5.43 Å². The maximum atomic E-state index is 13.1. The first-order chi connectivity index (χ1) is 8.25. The monoisotopic (exact) mass is 230 g/mol. The third-order valence-electron chi connectivity index (χ3n) is 2.48. The van der Waals surface area contributed by atoms with E-state index in [2.05, 4.69) is 5.10 Å². The molecule has 1 aromatic carbocycles. The summed E-state index contributed by atoms with van der Waals surface area (Å²) in [7, 11) is 0. The first-order valence-corrected chi connectivity index (χ1v) is 4.97. The Morgan fingerprint density at radius 3 is 3.00 bits per heavy atom. The number of aromatic nitrogens is 2. The van der Waals surface area contributed by atoms with Crippen LogP contribution in [0.2, 0.25) is 0 Å². The van der Waals surface area contributed by atoms with Crippen LogP contribution in [0.3, 0.4) is 0 Å². The quantitative estimate of drug-likeness (QED) is 0.643. The molecule has 0 aliphatic rings. The van der Waals surface area contributed by atoms with E-state index in [4.69, 9.17) is 4.42 Å². The highest BCUT2D eigenvalue weighted by Crippen LogP contribution is 2.15. The minimum absolute atomic E-state index is 0.206. The van der Waals surface area contributed by atoms with Gasteiger partial charge in [-0.1, -0.05) is 0 Å². The van der Waals surface area contributed by atoms with Crippen molar-refractivity contribution < 1.29 is 8.81 Å². The highest BCUT2D eigenvalue weighted by Gasteiger charge is 2.07. The third kappa shape index (κ3) is 1.52. The third-order valence-corrected chi connectivity index (χ3v) is 2.48. The second-order valence-electron chi connectivity index (χ2n) is 3.54. The molecule has 0 aliphatic carbocycles. The summed E-state index contributed by atoms with van der Waals surface area (Å²) in [6, 6.07) is 6.68. The van der Waals surface area contributed by atoms with E-state index in [0.717, 1.165) is 6.26 Å². The summed E-state index contributed by atoms with van der Waals surface area (Å²) in [6.45, 7) is 0. The van der Waals surface area contributed by atoms with Crippen molar-refractivity contribution >= 4 is 11.0 Å². The molecule has 0 aliphatic heterocycles. The summed E-state index contributed by atoms with van der Waals surface area (Å²) in [5.41, 5.74) is 0.368. The molecule has 0 saturated heterocycles. The van der Waals surface area contributed by atoms with Gasteiger partial charge in [0.05, 0.1) is 11.1 Å². The molecule has 0 radical (unpaired) electrons. The highest BCUT2D eigenvalue weighted by atomic mass is 19.1. The summed E-state index contributed by atoms with van der Waals surface area (Å²) >= 11 is 0. The molecule has 0 atom stereocenters. The number of fused-ring (bicyclic) bond motifs is 1. The number of rotatable bonds is 1. The van der Waals surface area contributed by atoms with Crippen LogP contribution in [0, 0.1) is 5.82 Å². The Labute approximate surface area is 94.9 Å². The Kier molecular flexibility index (Phi) is 2.04. The first kappa shape index (κ1) is 9.77. The molecule has 0 N–H and O–H groups in total. The van der Waals surface area contributed by atoms with Gasteiger partial charge < -0.3 is 4.42 Å². The van der Waals surface area contributed by atoms with Crippen LogP contribution in [-0.4, -0.2) is 9.78 Å². The lowest BCUT2D eigenvalue weighted by Crippen LogP contribution is -2.06. The van der Waals surface area contributed by atoms with Gasteiger partial charge in [-0.05, 0) is 24.3 Å². The molecule has 4 nitrogen and oxygen atoms in total. The van der Waals surface area contributed by atoms with Crippen molar-refractivity contribution in [2.75, 3.05) is 0 Å². The van der Waals surface area contributed by atoms with Crippen LogP contribution in [-0.2, 0) is 0 Å². The van der Waals surface area contributed by atoms with Crippen molar-refractivity contribution in [1.29, 1.82) is 0 Å². The summed E-state index contributed by atoms with van der Waals surface area (Å²) in [5.74, 6) is -0.893. The van der Waals surface area contributed by atoms with Crippen molar-refractivity contribution in [3.63, 3.8) is 0 Å². The van der Waals surface area contributed by atoms with Gasteiger partial charge in [0.1, 0.15) is 11.8 Å². The second-order valence-corrected chi connectivity index (χ2v) is 3.54. The van der Waals surface area contributed by atoms with E-state index in [9.17, 15) is 9.18 Å². The van der Waals surface area contributed by atoms with Crippen molar-refractivity contribution in [1.82, 2.24) is 9.78 Å². The van der Waals surface area contributed by atoms with Gasteiger partial charge in [-0.25, -0.2) is 4.68 Å². The summed E-state index contributed by atoms with van der Waals surface area (Å²) < 4.78 is 19.7. The van der Waals surface area contributed by atoms with Crippen LogP contribution in [0.5, 0.6) is 0 Å². The topological polar surface area (TPSA) is 48.0 Å². The summed E-state index contributed by atoms with van der Waals surface area (Å²) in [5, 5.41) is 4.24. The van der Waals surface area contributed by atoms with Gasteiger partial charge in [0.2, 0.25) is 11.2 Å². The molecular weight excluding hydrogens is 223 g/mol. The van der Waals surface area contributed by atoms with Crippen molar-refractivity contribution in [3.8, 4) is 5.69 Å². The number of hydrogen-bond acceptors (Lipinski definition) is 3. The fourth-order valence-electron chi connectivity index (χ4n) is 1.66. The molecule has 84 valence electrons. The molecule has 3 rings (SSSR count). The Hall–Kier alpha value is -2.43. The molecule has 3 aromatic rings. The highest BCUT2D eigenvalue weighted by molar-refractivity contribution is 5.78. The van der Waals surface area contributed by atoms with Gasteiger partial charge in [-0.15, -0.1) is 0 Å². The fourth-order valence-corrected chi connectivity index (χ4v) is 1.66. The average molecular weight is 230 g/mol. The van der Waals surface area contributed by atoms with Crippen LogP contribution in [0.25, 0.3) is 16.7 Å². The van der Waals surface area contributed by atoms with Gasteiger partial charge >= 0.3 is 0 Å². The zero-order chi connectivity index (χ0) is 11.8. The lowest BCUT2D eigenvalue weighted by Gasteiger charge is -2.02. The zero-order valence-electron chi connectivity index (χ0n) is 8.63. The van der Waals surface area contributed by atoms with E-state index < -0.39 is 11.2 Å². The molecule has 0 spiro atoms. The maximum Gasteiger partial charge on any atom is 0.228 e. The Morgan fingerprint density at radius 2 is 2.24 bits per heavy atom. The predicted octanol–water partition coefficient (Wildman–Crippen LogP) is 2.12. The average Bonchev–Trinajstić information content (AvgIpc) is 2.87. The molecule has 17 heavy (non-hydrogen) atoms. The van der Waals surface area contributed by atoms with E-state index >= 15 is 0 Å². The number of benzene rings is 1. The van der Waals surface area contributed by atoms with Gasteiger partial charge in [0.15, 0.2) is 0 Å². The van der Waals surface area contributed by atoms with Gasteiger partial charge in [-0.3, -0.25) is 4.79 Å². The normalized spacial score (nSPS) is 10.9. The zero-order valence-corrected chi connectivity index (χ0v) is 8.63. The maximum absolute atomic E-state index is 13.1. The molecule has 0 amide bonds. The molecule has 0 fully saturated rings. The van der Waals surface area contributed by atoms with E-state index in [-0.39, 0.29) is 5.39 Å². The molecule has 2 aromatic heterocycles. The SMILES string of the molecule is O=c1c(F)coc2ccc(-n3cccn3)cc12. The lowest BCUT2D eigenvalue weighted by molar-refractivity contribution is 0.520. The molecule has 0 bridgehead atoms. The lowest BCUT2D eigenvalue weighted by atomic mass is 10.2. The molecule has 0 saturated carbocycles. The van der Waals surface area contributed by atoms with E-state index in [0.29, 0.717) is 11.3 Å². The van der Waals surface area contributed by atoms with Gasteiger partial charge in [0.25, 0.3) is 0 Å². The van der Waals surface area contributed by atoms with Crippen LogP contribution in [0.1, 0.15) is 0 Å².